The second-order valence-corrected chi connectivity index (χ2v) is 8.41. The number of nitrogens with zero attached hydrogens (tertiary/aromatic N) is 2. The summed E-state index contributed by atoms with van der Waals surface area (Å²) in [6, 6.07) is 8.03. The molecule has 1 saturated heterocycles. The molecule has 0 radical (unpaired) electrons. The maximum absolute atomic E-state index is 12.5. The van der Waals surface area contributed by atoms with Gasteiger partial charge in [0, 0.05) is 20.6 Å². The van der Waals surface area contributed by atoms with Crippen molar-refractivity contribution in [2.45, 2.75) is 32.4 Å². The summed E-state index contributed by atoms with van der Waals surface area (Å²) in [5.41, 5.74) is 1.63. The van der Waals surface area contributed by atoms with E-state index in [1.165, 1.54) is 14.2 Å². The molecule has 0 aromatic heterocycles. The van der Waals surface area contributed by atoms with E-state index in [9.17, 15) is 8.42 Å². The smallest absolute Gasteiger partial charge is 0.282 e. The maximum Gasteiger partial charge on any atom is 0.282 e. The van der Waals surface area contributed by atoms with Gasteiger partial charge in [0.1, 0.15) is 0 Å². The van der Waals surface area contributed by atoms with E-state index in [1.54, 1.807) is 14.1 Å². The average molecular weight is 312 g/mol. The van der Waals surface area contributed by atoms with Gasteiger partial charge in [-0.1, -0.05) is 29.8 Å². The number of hydrogen-bond donors (Lipinski definition) is 0. The lowest BCUT2D eigenvalue weighted by Gasteiger charge is -2.45. The number of aryl methyl sites for hydroxylation is 1. The van der Waals surface area contributed by atoms with Crippen LogP contribution >= 0.6 is 0 Å². The van der Waals surface area contributed by atoms with E-state index in [4.69, 9.17) is 4.74 Å². The zero-order chi connectivity index (χ0) is 15.8. The Morgan fingerprint density at radius 1 is 1.24 bits per heavy atom. The lowest BCUT2D eigenvalue weighted by molar-refractivity contribution is -0.0670. The molecule has 6 heteroatoms. The molecule has 1 unspecified atom stereocenters. The van der Waals surface area contributed by atoms with E-state index in [0.29, 0.717) is 13.2 Å². The largest absolute Gasteiger partial charge is 0.370 e. The summed E-state index contributed by atoms with van der Waals surface area (Å²) in [6.45, 7) is 6.51. The Bertz CT molecular complexity index is 594. The van der Waals surface area contributed by atoms with Crippen LogP contribution in [0.3, 0.4) is 0 Å². The Balaban J connectivity index is 2.30. The van der Waals surface area contributed by atoms with Gasteiger partial charge in [-0.25, -0.2) is 0 Å². The van der Waals surface area contributed by atoms with Crippen LogP contribution in [0.4, 0.5) is 0 Å². The van der Waals surface area contributed by atoms with Gasteiger partial charge in [-0.3, -0.25) is 0 Å². The summed E-state index contributed by atoms with van der Waals surface area (Å²) in [7, 11) is -0.355. The fraction of sp³-hybridized carbons (Fsp3) is 0.600. The fourth-order valence-corrected chi connectivity index (χ4v) is 3.81. The molecule has 1 aromatic rings. The van der Waals surface area contributed by atoms with Gasteiger partial charge in [-0.05, 0) is 26.3 Å². The number of rotatable bonds is 3. The third-order valence-corrected chi connectivity index (χ3v) is 5.96. The first-order valence-corrected chi connectivity index (χ1v) is 8.43. The van der Waals surface area contributed by atoms with Crippen molar-refractivity contribution in [3.63, 3.8) is 0 Å². The predicted molar refractivity (Wildman–Crippen MR) is 83.3 cm³/mol. The first-order valence-electron chi connectivity index (χ1n) is 7.03. The second-order valence-electron chi connectivity index (χ2n) is 6.34. The highest BCUT2D eigenvalue weighted by Crippen LogP contribution is 2.32. The molecular weight excluding hydrogens is 288 g/mol. The quantitative estimate of drug-likeness (QED) is 0.857. The van der Waals surface area contributed by atoms with Crippen molar-refractivity contribution in [2.75, 3.05) is 27.2 Å². The highest BCUT2D eigenvalue weighted by molar-refractivity contribution is 7.86. The first kappa shape index (κ1) is 16.4. The summed E-state index contributed by atoms with van der Waals surface area (Å²) < 4.78 is 33.7. The van der Waals surface area contributed by atoms with Gasteiger partial charge in [0.2, 0.25) is 0 Å². The van der Waals surface area contributed by atoms with Crippen LogP contribution in [0.25, 0.3) is 0 Å². The molecule has 0 aliphatic carbocycles. The van der Waals surface area contributed by atoms with Crippen molar-refractivity contribution in [1.29, 1.82) is 0 Å². The molecule has 1 aliphatic heterocycles. The van der Waals surface area contributed by atoms with Crippen LogP contribution in [-0.4, -0.2) is 49.8 Å². The third kappa shape index (κ3) is 3.29. The van der Waals surface area contributed by atoms with Crippen molar-refractivity contribution in [3.05, 3.63) is 35.4 Å². The zero-order valence-corrected chi connectivity index (χ0v) is 14.1. The van der Waals surface area contributed by atoms with Gasteiger partial charge in [-0.15, -0.1) is 0 Å². The molecule has 0 spiro atoms. The molecule has 0 amide bonds. The van der Waals surface area contributed by atoms with Gasteiger partial charge in [0.25, 0.3) is 10.2 Å². The van der Waals surface area contributed by atoms with Crippen LogP contribution < -0.4 is 0 Å². The third-order valence-electron chi connectivity index (χ3n) is 3.83. The monoisotopic (exact) mass is 312 g/mol. The first-order chi connectivity index (χ1) is 9.64. The Labute approximate surface area is 127 Å². The van der Waals surface area contributed by atoms with Crippen LogP contribution in [0.15, 0.2) is 24.3 Å². The van der Waals surface area contributed by atoms with Crippen molar-refractivity contribution in [1.82, 2.24) is 8.61 Å². The lowest BCUT2D eigenvalue weighted by Crippen LogP contribution is -2.58. The number of morpholine rings is 1. The number of ether oxygens (including phenoxy) is 1. The molecule has 0 bridgehead atoms. The van der Waals surface area contributed by atoms with Gasteiger partial charge in [0.15, 0.2) is 0 Å². The molecule has 1 heterocycles. The topological polar surface area (TPSA) is 49.9 Å². The Morgan fingerprint density at radius 2 is 1.81 bits per heavy atom. The van der Waals surface area contributed by atoms with Crippen LogP contribution in [0.1, 0.15) is 31.1 Å². The van der Waals surface area contributed by atoms with Crippen molar-refractivity contribution < 1.29 is 13.2 Å². The molecular formula is C15H24N2O3S. The van der Waals surface area contributed by atoms with Crippen LogP contribution in [0.5, 0.6) is 0 Å². The SMILES string of the molecule is Cc1ccc(C2CN(S(=O)(=O)N(C)C)C(C)(C)CO2)cc1. The van der Waals surface area contributed by atoms with Crippen LogP contribution in [0, 0.1) is 6.92 Å². The molecule has 21 heavy (non-hydrogen) atoms. The summed E-state index contributed by atoms with van der Waals surface area (Å²) in [4.78, 5) is 0. The molecule has 2 rings (SSSR count). The van der Waals surface area contributed by atoms with E-state index in [0.717, 1.165) is 5.56 Å². The zero-order valence-electron chi connectivity index (χ0n) is 13.3. The van der Waals surface area contributed by atoms with Crippen molar-refractivity contribution in [3.8, 4) is 0 Å². The van der Waals surface area contributed by atoms with Gasteiger partial charge in [-0.2, -0.15) is 17.0 Å². The molecule has 118 valence electrons. The van der Waals surface area contributed by atoms with E-state index >= 15 is 0 Å². The summed E-state index contributed by atoms with van der Waals surface area (Å²) in [5.74, 6) is 0. The van der Waals surface area contributed by atoms with Crippen molar-refractivity contribution in [2.24, 2.45) is 0 Å². The highest BCUT2D eigenvalue weighted by atomic mass is 32.2. The normalized spacial score (nSPS) is 23.4. The average Bonchev–Trinajstić information content (AvgIpc) is 2.39. The van der Waals surface area contributed by atoms with E-state index in [1.807, 2.05) is 45.0 Å². The minimum Gasteiger partial charge on any atom is -0.370 e. The minimum absolute atomic E-state index is 0.228. The molecule has 1 atom stereocenters. The Hall–Kier alpha value is -0.950. The second kappa shape index (κ2) is 5.68. The minimum atomic E-state index is -3.47. The van der Waals surface area contributed by atoms with Gasteiger partial charge >= 0.3 is 0 Å². The number of benzene rings is 1. The molecule has 1 aromatic carbocycles. The van der Waals surface area contributed by atoms with E-state index in [-0.39, 0.29) is 6.10 Å². The Morgan fingerprint density at radius 3 is 2.33 bits per heavy atom. The van der Waals surface area contributed by atoms with E-state index in [2.05, 4.69) is 0 Å². The molecule has 1 fully saturated rings. The molecule has 5 nitrogen and oxygen atoms in total. The summed E-state index contributed by atoms with van der Waals surface area (Å²) >= 11 is 0. The van der Waals surface area contributed by atoms with Crippen LogP contribution in [0.2, 0.25) is 0 Å². The Kier molecular flexibility index (Phi) is 4.44. The van der Waals surface area contributed by atoms with Crippen molar-refractivity contribution >= 4 is 10.2 Å². The van der Waals surface area contributed by atoms with Gasteiger partial charge < -0.3 is 4.74 Å². The predicted octanol–water partition coefficient (Wildman–Crippen LogP) is 1.95. The fourth-order valence-electron chi connectivity index (χ4n) is 2.41. The van der Waals surface area contributed by atoms with Crippen LogP contribution in [-0.2, 0) is 14.9 Å². The summed E-state index contributed by atoms with van der Waals surface area (Å²) in [6.07, 6.45) is -0.228. The van der Waals surface area contributed by atoms with Gasteiger partial charge in [0.05, 0.1) is 18.2 Å². The maximum atomic E-state index is 12.5. The molecule has 0 saturated carbocycles. The lowest BCUT2D eigenvalue weighted by atomic mass is 10.0. The molecule has 0 N–H and O–H groups in total. The van der Waals surface area contributed by atoms with E-state index < -0.39 is 15.7 Å². The molecule has 1 aliphatic rings. The number of hydrogen-bond acceptors (Lipinski definition) is 3. The standard InChI is InChI=1S/C15H24N2O3S/c1-12-6-8-13(9-7-12)14-10-17(15(2,3)11-20-14)21(18,19)16(4)5/h6-9,14H,10-11H2,1-5H3. The summed E-state index contributed by atoms with van der Waals surface area (Å²) in [5, 5.41) is 0. The highest BCUT2D eigenvalue weighted by Gasteiger charge is 2.43.